The minimum atomic E-state index is -0.0977. The highest BCUT2D eigenvalue weighted by atomic mass is 16.5. The summed E-state index contributed by atoms with van der Waals surface area (Å²) in [6, 6.07) is 16.0. The van der Waals surface area contributed by atoms with Gasteiger partial charge < -0.3 is 14.6 Å². The molecule has 4 rings (SSSR count). The number of hydrogen-bond donors (Lipinski definition) is 1. The van der Waals surface area contributed by atoms with Gasteiger partial charge in [-0.3, -0.25) is 9.79 Å². The quantitative estimate of drug-likeness (QED) is 0.723. The van der Waals surface area contributed by atoms with Gasteiger partial charge in [0.2, 0.25) is 0 Å². The molecule has 0 spiro atoms. The van der Waals surface area contributed by atoms with Crippen molar-refractivity contribution in [2.75, 3.05) is 31.2 Å². The standard InChI is InChI=1S/C22H23N3O2/c1-15-8-9-17(25-10-12-27-13-11-25)14-20(15)23-16(2)21-18-6-4-3-5-7-19(18)24-22(21)26/h3-9,14H,10-13H2,1-2H3,(H,24,26)/b23-16+. The number of morpholine rings is 1. The first-order valence-electron chi connectivity index (χ1n) is 9.23. The summed E-state index contributed by atoms with van der Waals surface area (Å²) in [7, 11) is 0. The number of ether oxygens (including phenoxy) is 1. The van der Waals surface area contributed by atoms with Gasteiger partial charge in [-0.25, -0.2) is 0 Å². The van der Waals surface area contributed by atoms with Gasteiger partial charge >= 0.3 is 0 Å². The Hall–Kier alpha value is -2.92. The second-order valence-corrected chi connectivity index (χ2v) is 6.83. The summed E-state index contributed by atoms with van der Waals surface area (Å²) in [6.07, 6.45) is 0. The van der Waals surface area contributed by atoms with Gasteiger partial charge in [-0.1, -0.05) is 30.3 Å². The van der Waals surface area contributed by atoms with Crippen LogP contribution >= 0.6 is 0 Å². The monoisotopic (exact) mass is 361 g/mol. The van der Waals surface area contributed by atoms with Crippen LogP contribution in [0.4, 0.5) is 11.4 Å². The lowest BCUT2D eigenvalue weighted by Gasteiger charge is -2.29. The predicted molar refractivity (Wildman–Crippen MR) is 110 cm³/mol. The number of nitrogens with zero attached hydrogens (tertiary/aromatic N) is 2. The van der Waals surface area contributed by atoms with Gasteiger partial charge in [-0.15, -0.1) is 0 Å². The SMILES string of the molecule is C/C(=N\c1cc(N2CCOCC2)ccc1C)c1c2cccccc-2[nH]c1=O. The van der Waals surface area contributed by atoms with Crippen LogP contribution in [0.3, 0.4) is 0 Å². The van der Waals surface area contributed by atoms with Crippen molar-refractivity contribution in [1.82, 2.24) is 4.98 Å². The Morgan fingerprint density at radius 3 is 2.70 bits per heavy atom. The van der Waals surface area contributed by atoms with Crippen LogP contribution in [0.2, 0.25) is 0 Å². The summed E-state index contributed by atoms with van der Waals surface area (Å²) in [5, 5.41) is 0. The number of aliphatic imine (C=N–C) groups is 1. The summed E-state index contributed by atoms with van der Waals surface area (Å²) < 4.78 is 5.44. The van der Waals surface area contributed by atoms with Crippen LogP contribution in [0.15, 0.2) is 58.3 Å². The number of benzene rings is 1. The van der Waals surface area contributed by atoms with Crippen molar-refractivity contribution in [3.63, 3.8) is 0 Å². The van der Waals surface area contributed by atoms with Crippen molar-refractivity contribution in [2.45, 2.75) is 13.8 Å². The molecule has 3 aliphatic rings. The molecular formula is C22H23N3O2. The Kier molecular flexibility index (Phi) is 4.77. The molecule has 1 aromatic rings. The Morgan fingerprint density at radius 1 is 1.11 bits per heavy atom. The smallest absolute Gasteiger partial charge is 0.258 e. The number of hydrogen-bond acceptors (Lipinski definition) is 4. The first-order valence-corrected chi connectivity index (χ1v) is 9.23. The second kappa shape index (κ2) is 7.37. The minimum Gasteiger partial charge on any atom is -0.378 e. The molecule has 0 atom stereocenters. The van der Waals surface area contributed by atoms with E-state index in [1.165, 1.54) is 0 Å². The third kappa shape index (κ3) is 3.51. The molecule has 5 nitrogen and oxygen atoms in total. The van der Waals surface area contributed by atoms with E-state index in [4.69, 9.17) is 9.73 Å². The Balaban J connectivity index is 1.74. The number of nitrogens with one attached hydrogen (secondary N) is 1. The molecule has 27 heavy (non-hydrogen) atoms. The lowest BCUT2D eigenvalue weighted by Crippen LogP contribution is -2.36. The van der Waals surface area contributed by atoms with Crippen LogP contribution in [0.25, 0.3) is 11.3 Å². The van der Waals surface area contributed by atoms with Crippen LogP contribution in [-0.4, -0.2) is 37.0 Å². The molecule has 2 heterocycles. The predicted octanol–water partition coefficient (Wildman–Crippen LogP) is 3.77. The van der Waals surface area contributed by atoms with Crippen LogP contribution in [-0.2, 0) is 4.74 Å². The molecule has 1 fully saturated rings. The van der Waals surface area contributed by atoms with Gasteiger partial charge in [0.15, 0.2) is 0 Å². The third-order valence-electron chi connectivity index (χ3n) is 5.00. The summed E-state index contributed by atoms with van der Waals surface area (Å²) in [4.78, 5) is 22.6. The van der Waals surface area contributed by atoms with E-state index in [9.17, 15) is 4.79 Å². The van der Waals surface area contributed by atoms with E-state index in [1.807, 2.05) is 44.2 Å². The van der Waals surface area contributed by atoms with E-state index < -0.39 is 0 Å². The molecule has 0 saturated carbocycles. The molecule has 1 aliphatic carbocycles. The molecule has 138 valence electrons. The molecule has 0 aromatic heterocycles. The summed E-state index contributed by atoms with van der Waals surface area (Å²) in [5.41, 5.74) is 6.11. The van der Waals surface area contributed by atoms with Gasteiger partial charge in [0, 0.05) is 30.0 Å². The highest BCUT2D eigenvalue weighted by molar-refractivity contribution is 6.05. The highest BCUT2D eigenvalue weighted by Gasteiger charge is 2.17. The average molecular weight is 361 g/mol. The summed E-state index contributed by atoms with van der Waals surface area (Å²) in [5.74, 6) is 0. The maximum absolute atomic E-state index is 12.5. The molecular weight excluding hydrogens is 338 g/mol. The van der Waals surface area contributed by atoms with Crippen molar-refractivity contribution in [1.29, 1.82) is 0 Å². The van der Waals surface area contributed by atoms with Crippen LogP contribution in [0.5, 0.6) is 0 Å². The van der Waals surface area contributed by atoms with E-state index in [1.54, 1.807) is 0 Å². The van der Waals surface area contributed by atoms with Gasteiger partial charge in [0.1, 0.15) is 0 Å². The summed E-state index contributed by atoms with van der Waals surface area (Å²) >= 11 is 0. The number of fused-ring (bicyclic) bond motifs is 1. The molecule has 5 heteroatoms. The van der Waals surface area contributed by atoms with E-state index >= 15 is 0 Å². The fourth-order valence-corrected chi connectivity index (χ4v) is 3.51. The van der Waals surface area contributed by atoms with Crippen LogP contribution < -0.4 is 10.5 Å². The van der Waals surface area contributed by atoms with Gasteiger partial charge in [-0.05, 0) is 37.6 Å². The normalized spacial score (nSPS) is 15.3. The van der Waals surface area contributed by atoms with E-state index in [2.05, 4.69) is 28.1 Å². The zero-order chi connectivity index (χ0) is 18.8. The van der Waals surface area contributed by atoms with E-state index in [0.717, 1.165) is 60.2 Å². The maximum atomic E-state index is 12.5. The Morgan fingerprint density at radius 2 is 1.89 bits per heavy atom. The topological polar surface area (TPSA) is 57.7 Å². The molecule has 1 aromatic carbocycles. The van der Waals surface area contributed by atoms with Gasteiger partial charge in [0.25, 0.3) is 5.56 Å². The second-order valence-electron chi connectivity index (χ2n) is 6.83. The maximum Gasteiger partial charge on any atom is 0.258 e. The number of aromatic amines is 1. The molecule has 0 unspecified atom stereocenters. The molecule has 0 amide bonds. The minimum absolute atomic E-state index is 0.0977. The number of rotatable bonds is 3. The fraction of sp³-hybridized carbons (Fsp3) is 0.273. The molecule has 1 N–H and O–H groups in total. The number of H-pyrrole nitrogens is 1. The first kappa shape index (κ1) is 17.5. The van der Waals surface area contributed by atoms with Crippen molar-refractivity contribution in [2.24, 2.45) is 4.99 Å². The van der Waals surface area contributed by atoms with Crippen LogP contribution in [0, 0.1) is 6.92 Å². The number of anilines is 1. The first-order chi connectivity index (χ1) is 13.1. The van der Waals surface area contributed by atoms with Crippen molar-refractivity contribution < 1.29 is 4.74 Å². The Labute approximate surface area is 158 Å². The van der Waals surface area contributed by atoms with E-state index in [-0.39, 0.29) is 5.56 Å². The lowest BCUT2D eigenvalue weighted by molar-refractivity contribution is 0.122. The van der Waals surface area contributed by atoms with E-state index in [0.29, 0.717) is 5.56 Å². The molecule has 0 radical (unpaired) electrons. The van der Waals surface area contributed by atoms with Crippen molar-refractivity contribution >= 4 is 17.1 Å². The largest absolute Gasteiger partial charge is 0.378 e. The molecule has 0 bridgehead atoms. The zero-order valence-corrected chi connectivity index (χ0v) is 15.7. The number of aryl methyl sites for hydroxylation is 1. The zero-order valence-electron chi connectivity index (χ0n) is 15.7. The average Bonchev–Trinajstić information content (AvgIpc) is 2.83. The highest BCUT2D eigenvalue weighted by Crippen LogP contribution is 2.28. The van der Waals surface area contributed by atoms with Crippen molar-refractivity contribution in [3.8, 4) is 11.3 Å². The van der Waals surface area contributed by atoms with Crippen LogP contribution in [0.1, 0.15) is 18.1 Å². The van der Waals surface area contributed by atoms with Gasteiger partial charge in [0.05, 0.1) is 30.2 Å². The molecule has 1 saturated heterocycles. The summed E-state index contributed by atoms with van der Waals surface area (Å²) in [6.45, 7) is 7.21. The lowest BCUT2D eigenvalue weighted by atomic mass is 10.1. The van der Waals surface area contributed by atoms with Crippen molar-refractivity contribution in [3.05, 3.63) is 70.0 Å². The fourth-order valence-electron chi connectivity index (χ4n) is 3.51. The Bertz CT molecular complexity index is 1020. The molecule has 2 aliphatic heterocycles. The third-order valence-corrected chi connectivity index (χ3v) is 5.00. The number of aromatic nitrogens is 1. The van der Waals surface area contributed by atoms with Gasteiger partial charge in [-0.2, -0.15) is 0 Å².